The third kappa shape index (κ3) is 4.16. The van der Waals surface area contributed by atoms with Gasteiger partial charge in [-0.15, -0.1) is 0 Å². The quantitative estimate of drug-likeness (QED) is 0.817. The van der Waals surface area contributed by atoms with Crippen molar-refractivity contribution in [2.24, 2.45) is 0 Å². The highest BCUT2D eigenvalue weighted by molar-refractivity contribution is 9.10. The second-order valence-electron chi connectivity index (χ2n) is 4.09. The number of nitrogens with two attached hydrogens (primary N) is 1. The maximum Gasteiger partial charge on any atom is 0.387 e. The van der Waals surface area contributed by atoms with Crippen molar-refractivity contribution in [3.63, 3.8) is 0 Å². The number of halogens is 3. The lowest BCUT2D eigenvalue weighted by molar-refractivity contribution is -0.0498. The Balaban J connectivity index is 2.09. The summed E-state index contributed by atoms with van der Waals surface area (Å²) >= 11 is 3.27. The summed E-state index contributed by atoms with van der Waals surface area (Å²) in [7, 11) is 0. The molecule has 3 N–H and O–H groups in total. The first-order valence-electron chi connectivity index (χ1n) is 5.87. The highest BCUT2D eigenvalue weighted by atomic mass is 79.9. The summed E-state index contributed by atoms with van der Waals surface area (Å²) in [4.78, 5) is 12.0. The average Bonchev–Trinajstić information content (AvgIpc) is 2.42. The second-order valence-corrected chi connectivity index (χ2v) is 5.00. The molecule has 0 heterocycles. The van der Waals surface area contributed by atoms with Crippen molar-refractivity contribution >= 4 is 33.2 Å². The summed E-state index contributed by atoms with van der Waals surface area (Å²) in [6.45, 7) is -2.90. The predicted molar refractivity (Wildman–Crippen MR) is 79.6 cm³/mol. The van der Waals surface area contributed by atoms with Gasteiger partial charge in [0, 0.05) is 10.0 Å². The molecule has 1 amide bonds. The monoisotopic (exact) mass is 356 g/mol. The molecule has 0 unspecified atom stereocenters. The van der Waals surface area contributed by atoms with E-state index in [1.807, 2.05) is 0 Å². The van der Waals surface area contributed by atoms with Crippen molar-refractivity contribution in [3.05, 3.63) is 52.5 Å². The number of hydrogen-bond acceptors (Lipinski definition) is 3. The van der Waals surface area contributed by atoms with Crippen molar-refractivity contribution in [2.75, 3.05) is 11.1 Å². The number of carbonyl (C=O) groups excluding carboxylic acids is 1. The Labute approximate surface area is 128 Å². The largest absolute Gasteiger partial charge is 0.435 e. The van der Waals surface area contributed by atoms with Gasteiger partial charge in [0.15, 0.2) is 0 Å². The molecule has 0 atom stereocenters. The van der Waals surface area contributed by atoms with Crippen molar-refractivity contribution in [3.8, 4) is 5.75 Å². The van der Waals surface area contributed by atoms with E-state index in [1.54, 1.807) is 18.2 Å². The molecule has 0 aliphatic carbocycles. The third-order valence-electron chi connectivity index (χ3n) is 2.60. The third-order valence-corrected chi connectivity index (χ3v) is 3.10. The highest BCUT2D eigenvalue weighted by Gasteiger charge is 2.10. The first kappa shape index (κ1) is 15.2. The number of amides is 1. The molecular weight excluding hydrogens is 346 g/mol. The van der Waals surface area contributed by atoms with Gasteiger partial charge in [0.05, 0.1) is 11.4 Å². The van der Waals surface area contributed by atoms with E-state index in [2.05, 4.69) is 26.0 Å². The van der Waals surface area contributed by atoms with E-state index >= 15 is 0 Å². The number of nitrogens with one attached hydrogen (secondary N) is 1. The van der Waals surface area contributed by atoms with Gasteiger partial charge < -0.3 is 15.8 Å². The zero-order chi connectivity index (χ0) is 15.4. The van der Waals surface area contributed by atoms with Crippen molar-refractivity contribution in [1.29, 1.82) is 0 Å². The Morgan fingerprint density at radius 2 is 1.86 bits per heavy atom. The second kappa shape index (κ2) is 6.53. The summed E-state index contributed by atoms with van der Waals surface area (Å²) in [6, 6.07) is 10.4. The fourth-order valence-electron chi connectivity index (χ4n) is 1.63. The fraction of sp³-hybridized carbons (Fsp3) is 0.0714. The molecule has 0 saturated carbocycles. The minimum atomic E-state index is -2.90. The van der Waals surface area contributed by atoms with E-state index in [1.165, 1.54) is 24.3 Å². The molecule has 21 heavy (non-hydrogen) atoms. The lowest BCUT2D eigenvalue weighted by Crippen LogP contribution is -2.13. The summed E-state index contributed by atoms with van der Waals surface area (Å²) in [5, 5.41) is 2.64. The molecule has 0 radical (unpaired) electrons. The van der Waals surface area contributed by atoms with Crippen LogP contribution in [0.3, 0.4) is 0 Å². The normalized spacial score (nSPS) is 10.5. The van der Waals surface area contributed by atoms with Crippen LogP contribution in [0.5, 0.6) is 5.75 Å². The standard InChI is InChI=1S/C14H11BrF2N2O2/c15-9-3-6-12(11(18)7-9)19-13(20)8-1-4-10(5-2-8)21-14(16)17/h1-7,14H,18H2,(H,19,20). The van der Waals surface area contributed by atoms with Crippen LogP contribution in [0.25, 0.3) is 0 Å². The van der Waals surface area contributed by atoms with Crippen LogP contribution in [0.15, 0.2) is 46.9 Å². The Morgan fingerprint density at radius 3 is 2.43 bits per heavy atom. The van der Waals surface area contributed by atoms with Crippen LogP contribution in [-0.4, -0.2) is 12.5 Å². The van der Waals surface area contributed by atoms with Gasteiger partial charge in [-0.2, -0.15) is 8.78 Å². The molecule has 7 heteroatoms. The van der Waals surface area contributed by atoms with E-state index in [9.17, 15) is 13.6 Å². The van der Waals surface area contributed by atoms with Gasteiger partial charge in [0.1, 0.15) is 5.75 Å². The van der Waals surface area contributed by atoms with E-state index < -0.39 is 12.5 Å². The van der Waals surface area contributed by atoms with Crippen molar-refractivity contribution in [2.45, 2.75) is 6.61 Å². The molecular formula is C14H11BrF2N2O2. The Hall–Kier alpha value is -2.15. The Kier molecular flexibility index (Phi) is 4.74. The first-order chi connectivity index (χ1) is 9.95. The fourth-order valence-corrected chi connectivity index (χ4v) is 2.01. The van der Waals surface area contributed by atoms with Gasteiger partial charge in [0.25, 0.3) is 5.91 Å². The van der Waals surface area contributed by atoms with Crippen LogP contribution < -0.4 is 15.8 Å². The molecule has 0 aliphatic rings. The Bertz CT molecular complexity index is 648. The number of hydrogen-bond donors (Lipinski definition) is 2. The van der Waals surface area contributed by atoms with Gasteiger partial charge >= 0.3 is 6.61 Å². The minimum absolute atomic E-state index is 0.00953. The zero-order valence-corrected chi connectivity index (χ0v) is 12.2. The maximum absolute atomic E-state index is 12.0. The first-order valence-corrected chi connectivity index (χ1v) is 6.66. The zero-order valence-electron chi connectivity index (χ0n) is 10.6. The van der Waals surface area contributed by atoms with Gasteiger partial charge in [0.2, 0.25) is 0 Å². The molecule has 0 aliphatic heterocycles. The number of benzene rings is 2. The topological polar surface area (TPSA) is 64.3 Å². The smallest absolute Gasteiger partial charge is 0.387 e. The van der Waals surface area contributed by atoms with Crippen LogP contribution in [0, 0.1) is 0 Å². The summed E-state index contributed by atoms with van der Waals surface area (Å²) < 4.78 is 29.1. The maximum atomic E-state index is 12.0. The summed E-state index contributed by atoms with van der Waals surface area (Å²) in [5.74, 6) is -0.405. The van der Waals surface area contributed by atoms with Gasteiger partial charge in [-0.25, -0.2) is 0 Å². The summed E-state index contributed by atoms with van der Waals surface area (Å²) in [5.41, 5.74) is 6.96. The predicted octanol–water partition coefficient (Wildman–Crippen LogP) is 3.89. The molecule has 0 fully saturated rings. The number of rotatable bonds is 4. The van der Waals surface area contributed by atoms with Crippen LogP contribution in [0.2, 0.25) is 0 Å². The molecule has 4 nitrogen and oxygen atoms in total. The molecule has 2 aromatic rings. The lowest BCUT2D eigenvalue weighted by atomic mass is 10.2. The van der Waals surface area contributed by atoms with Crippen LogP contribution >= 0.6 is 15.9 Å². The number of alkyl halides is 2. The van der Waals surface area contributed by atoms with Crippen LogP contribution in [-0.2, 0) is 0 Å². The summed E-state index contributed by atoms with van der Waals surface area (Å²) in [6.07, 6.45) is 0. The average molecular weight is 357 g/mol. The molecule has 0 spiro atoms. The van der Waals surface area contributed by atoms with E-state index in [0.717, 1.165) is 4.47 Å². The van der Waals surface area contributed by atoms with Crippen molar-refractivity contribution < 1.29 is 18.3 Å². The highest BCUT2D eigenvalue weighted by Crippen LogP contribution is 2.24. The van der Waals surface area contributed by atoms with Gasteiger partial charge in [-0.05, 0) is 42.5 Å². The molecule has 2 aromatic carbocycles. The van der Waals surface area contributed by atoms with E-state index in [0.29, 0.717) is 16.9 Å². The molecule has 0 saturated heterocycles. The number of anilines is 2. The van der Waals surface area contributed by atoms with E-state index in [4.69, 9.17) is 5.73 Å². The number of carbonyl (C=O) groups is 1. The SMILES string of the molecule is Nc1cc(Br)ccc1NC(=O)c1ccc(OC(F)F)cc1. The number of nitrogen functional groups attached to an aromatic ring is 1. The molecule has 110 valence electrons. The molecule has 0 aromatic heterocycles. The van der Waals surface area contributed by atoms with Crippen LogP contribution in [0.4, 0.5) is 20.2 Å². The van der Waals surface area contributed by atoms with Crippen molar-refractivity contribution in [1.82, 2.24) is 0 Å². The molecule has 2 rings (SSSR count). The van der Waals surface area contributed by atoms with Gasteiger partial charge in [-0.1, -0.05) is 15.9 Å². The van der Waals surface area contributed by atoms with E-state index in [-0.39, 0.29) is 5.75 Å². The van der Waals surface area contributed by atoms with Gasteiger partial charge in [-0.3, -0.25) is 4.79 Å². The minimum Gasteiger partial charge on any atom is -0.435 e. The lowest BCUT2D eigenvalue weighted by Gasteiger charge is -2.09. The molecule has 0 bridgehead atoms. The van der Waals surface area contributed by atoms with Crippen LogP contribution in [0.1, 0.15) is 10.4 Å². The number of ether oxygens (including phenoxy) is 1. The Morgan fingerprint density at radius 1 is 1.19 bits per heavy atom.